The van der Waals surface area contributed by atoms with Crippen LogP contribution in [0.15, 0.2) is 60.2 Å². The summed E-state index contributed by atoms with van der Waals surface area (Å²) in [4.78, 5) is 12.5. The maximum Gasteiger partial charge on any atom is 0.266 e. The van der Waals surface area contributed by atoms with Crippen LogP contribution in [0.2, 0.25) is 5.02 Å². The average molecular weight is 406 g/mol. The third-order valence-electron chi connectivity index (χ3n) is 4.55. The predicted molar refractivity (Wildman–Crippen MR) is 115 cm³/mol. The molecule has 0 radical (unpaired) electrons. The van der Waals surface area contributed by atoms with Gasteiger partial charge in [-0.2, -0.15) is 5.26 Å². The number of ether oxygens (including phenoxy) is 1. The van der Waals surface area contributed by atoms with Crippen molar-refractivity contribution in [2.45, 2.75) is 13.8 Å². The fraction of sp³-hybridized carbons (Fsp3) is 0.130. The first-order chi connectivity index (χ1) is 13.9. The fourth-order valence-electron chi connectivity index (χ4n) is 3.17. The van der Waals surface area contributed by atoms with E-state index in [-0.39, 0.29) is 5.57 Å². The van der Waals surface area contributed by atoms with Crippen LogP contribution >= 0.6 is 11.6 Å². The number of amides is 1. The first-order valence-electron chi connectivity index (χ1n) is 8.95. The van der Waals surface area contributed by atoms with Gasteiger partial charge in [0.25, 0.3) is 5.91 Å². The second kappa shape index (κ2) is 8.68. The Bertz CT molecular complexity index is 1130. The van der Waals surface area contributed by atoms with Crippen LogP contribution in [0.3, 0.4) is 0 Å². The lowest BCUT2D eigenvalue weighted by atomic mass is 10.1. The molecule has 2 aromatic carbocycles. The number of rotatable bonds is 5. The number of hydrogen-bond acceptors (Lipinski definition) is 3. The molecule has 29 heavy (non-hydrogen) atoms. The summed E-state index contributed by atoms with van der Waals surface area (Å²) in [6.45, 7) is 3.87. The molecule has 0 aliphatic rings. The standard InChI is InChI=1S/C23H20ClN3O2/c1-15-11-17(12-18(14-25)23(28)26-20-7-5-4-6-8-20)16(2)27(15)21-13-19(24)9-10-22(21)29-3/h4-13H,1-3H3,(H,26,28)/b18-12-. The number of benzene rings is 2. The number of carbonyl (C=O) groups excluding carboxylic acids is 1. The number of aryl methyl sites for hydroxylation is 1. The van der Waals surface area contributed by atoms with Gasteiger partial charge in [-0.15, -0.1) is 0 Å². The molecular formula is C23H20ClN3O2. The molecule has 0 saturated carbocycles. The van der Waals surface area contributed by atoms with Gasteiger partial charge in [-0.3, -0.25) is 4.79 Å². The Morgan fingerprint density at radius 3 is 2.55 bits per heavy atom. The van der Waals surface area contributed by atoms with Crippen molar-refractivity contribution in [3.8, 4) is 17.5 Å². The van der Waals surface area contributed by atoms with Crippen molar-refractivity contribution in [1.82, 2.24) is 4.57 Å². The maximum atomic E-state index is 12.5. The second-order valence-corrected chi connectivity index (χ2v) is 6.90. The Labute approximate surface area is 174 Å². The lowest BCUT2D eigenvalue weighted by Gasteiger charge is -2.14. The van der Waals surface area contributed by atoms with Crippen LogP contribution in [-0.4, -0.2) is 17.6 Å². The van der Waals surface area contributed by atoms with Gasteiger partial charge >= 0.3 is 0 Å². The van der Waals surface area contributed by atoms with Gasteiger partial charge in [-0.1, -0.05) is 29.8 Å². The first kappa shape index (κ1) is 20.2. The molecule has 1 heterocycles. The van der Waals surface area contributed by atoms with E-state index < -0.39 is 5.91 Å². The van der Waals surface area contributed by atoms with Gasteiger partial charge in [-0.25, -0.2) is 0 Å². The molecule has 0 spiro atoms. The van der Waals surface area contributed by atoms with Crippen molar-refractivity contribution in [2.24, 2.45) is 0 Å². The lowest BCUT2D eigenvalue weighted by Crippen LogP contribution is -2.13. The summed E-state index contributed by atoms with van der Waals surface area (Å²) in [6, 6.07) is 18.3. The van der Waals surface area contributed by atoms with E-state index in [0.717, 1.165) is 22.6 Å². The molecule has 3 aromatic rings. The third kappa shape index (κ3) is 4.34. The number of halogens is 1. The van der Waals surface area contributed by atoms with E-state index in [0.29, 0.717) is 16.5 Å². The monoisotopic (exact) mass is 405 g/mol. The number of aromatic nitrogens is 1. The van der Waals surface area contributed by atoms with Gasteiger partial charge in [0.2, 0.25) is 0 Å². The summed E-state index contributed by atoms with van der Waals surface area (Å²) in [7, 11) is 1.60. The predicted octanol–water partition coefficient (Wildman–Crippen LogP) is 5.30. The zero-order valence-electron chi connectivity index (χ0n) is 16.4. The van der Waals surface area contributed by atoms with Crippen molar-refractivity contribution < 1.29 is 9.53 Å². The van der Waals surface area contributed by atoms with Gasteiger partial charge in [0, 0.05) is 22.1 Å². The van der Waals surface area contributed by atoms with Crippen LogP contribution in [0, 0.1) is 25.2 Å². The Balaban J connectivity index is 2.00. The SMILES string of the molecule is COc1ccc(Cl)cc1-n1c(C)cc(/C=C(/C#N)C(=O)Nc2ccccc2)c1C. The number of carbonyl (C=O) groups is 1. The topological polar surface area (TPSA) is 67.0 Å². The largest absolute Gasteiger partial charge is 0.495 e. The van der Waals surface area contributed by atoms with E-state index in [2.05, 4.69) is 5.32 Å². The maximum absolute atomic E-state index is 12.5. The summed E-state index contributed by atoms with van der Waals surface area (Å²) in [5, 5.41) is 12.8. The van der Waals surface area contributed by atoms with Crippen LogP contribution in [0.25, 0.3) is 11.8 Å². The second-order valence-electron chi connectivity index (χ2n) is 6.47. The normalized spacial score (nSPS) is 11.1. The minimum absolute atomic E-state index is 0.0205. The van der Waals surface area contributed by atoms with Gasteiger partial charge in [0.05, 0.1) is 12.8 Å². The molecule has 1 N–H and O–H groups in total. The quantitative estimate of drug-likeness (QED) is 0.462. The average Bonchev–Trinajstić information content (AvgIpc) is 2.99. The fourth-order valence-corrected chi connectivity index (χ4v) is 3.33. The smallest absolute Gasteiger partial charge is 0.266 e. The molecule has 146 valence electrons. The van der Waals surface area contributed by atoms with Crippen molar-refractivity contribution >= 4 is 29.3 Å². The highest BCUT2D eigenvalue weighted by atomic mass is 35.5. The zero-order valence-corrected chi connectivity index (χ0v) is 17.1. The highest BCUT2D eigenvalue weighted by molar-refractivity contribution is 6.30. The zero-order chi connectivity index (χ0) is 21.0. The van der Waals surface area contributed by atoms with Crippen molar-refractivity contribution in [2.75, 3.05) is 12.4 Å². The van der Waals surface area contributed by atoms with Gasteiger partial charge in [0.1, 0.15) is 17.4 Å². The van der Waals surface area contributed by atoms with E-state index in [4.69, 9.17) is 16.3 Å². The van der Waals surface area contributed by atoms with E-state index in [1.807, 2.05) is 54.8 Å². The Kier molecular flexibility index (Phi) is 6.06. The summed E-state index contributed by atoms with van der Waals surface area (Å²) in [5.41, 5.74) is 4.00. The molecule has 0 atom stereocenters. The molecule has 1 amide bonds. The molecule has 5 nitrogen and oxygen atoms in total. The molecular weight excluding hydrogens is 386 g/mol. The molecule has 6 heteroatoms. The van der Waals surface area contributed by atoms with Crippen LogP contribution in [0.5, 0.6) is 5.75 Å². The minimum Gasteiger partial charge on any atom is -0.495 e. The summed E-state index contributed by atoms with van der Waals surface area (Å²) < 4.78 is 7.46. The third-order valence-corrected chi connectivity index (χ3v) is 4.78. The lowest BCUT2D eigenvalue weighted by molar-refractivity contribution is -0.112. The molecule has 0 aliphatic heterocycles. The molecule has 1 aromatic heterocycles. The molecule has 0 unspecified atom stereocenters. The van der Waals surface area contributed by atoms with Crippen LogP contribution in [-0.2, 0) is 4.79 Å². The van der Waals surface area contributed by atoms with E-state index >= 15 is 0 Å². The van der Waals surface area contributed by atoms with E-state index in [1.54, 1.807) is 37.5 Å². The Morgan fingerprint density at radius 1 is 1.17 bits per heavy atom. The number of methoxy groups -OCH3 is 1. The Hall–Kier alpha value is -3.49. The van der Waals surface area contributed by atoms with Gasteiger partial charge in [-0.05, 0) is 61.9 Å². The first-order valence-corrected chi connectivity index (χ1v) is 9.33. The highest BCUT2D eigenvalue weighted by Gasteiger charge is 2.16. The number of hydrogen-bond donors (Lipinski definition) is 1. The molecule has 0 bridgehead atoms. The number of nitrogens with zero attached hydrogens (tertiary/aromatic N) is 2. The summed E-state index contributed by atoms with van der Waals surface area (Å²) in [5.74, 6) is 0.220. The molecule has 3 rings (SSSR count). The van der Waals surface area contributed by atoms with Crippen molar-refractivity contribution in [3.63, 3.8) is 0 Å². The highest BCUT2D eigenvalue weighted by Crippen LogP contribution is 2.31. The van der Waals surface area contributed by atoms with Crippen LogP contribution in [0.1, 0.15) is 17.0 Å². The molecule has 0 aliphatic carbocycles. The Morgan fingerprint density at radius 2 is 1.90 bits per heavy atom. The van der Waals surface area contributed by atoms with Crippen molar-refractivity contribution in [1.29, 1.82) is 5.26 Å². The number of nitrogens with one attached hydrogen (secondary N) is 1. The minimum atomic E-state index is -0.455. The van der Waals surface area contributed by atoms with E-state index in [9.17, 15) is 10.1 Å². The van der Waals surface area contributed by atoms with Gasteiger partial charge < -0.3 is 14.6 Å². The van der Waals surface area contributed by atoms with Crippen molar-refractivity contribution in [3.05, 3.63) is 82.1 Å². The van der Waals surface area contributed by atoms with Crippen LogP contribution < -0.4 is 10.1 Å². The van der Waals surface area contributed by atoms with Crippen LogP contribution in [0.4, 0.5) is 5.69 Å². The summed E-state index contributed by atoms with van der Waals surface area (Å²) in [6.07, 6.45) is 1.59. The molecule has 0 saturated heterocycles. The van der Waals surface area contributed by atoms with Gasteiger partial charge in [0.15, 0.2) is 0 Å². The number of nitriles is 1. The molecule has 0 fully saturated rings. The van der Waals surface area contributed by atoms with E-state index in [1.165, 1.54) is 0 Å². The number of para-hydroxylation sites is 1. The summed E-state index contributed by atoms with van der Waals surface area (Å²) >= 11 is 6.18. The number of anilines is 1.